The van der Waals surface area contributed by atoms with Crippen LogP contribution in [0, 0.1) is 12.3 Å². The number of hydrogen-bond acceptors (Lipinski definition) is 2. The number of terminal acetylenes is 1. The number of ether oxygens (including phenoxy) is 1. The lowest BCUT2D eigenvalue weighted by Gasteiger charge is -2.21. The third-order valence-corrected chi connectivity index (χ3v) is 2.16. The first-order valence-electron chi connectivity index (χ1n) is 4.71. The summed E-state index contributed by atoms with van der Waals surface area (Å²) in [4.78, 5) is 11.0. The highest BCUT2D eigenvalue weighted by atomic mass is 16.6. The van der Waals surface area contributed by atoms with Crippen LogP contribution in [0.25, 0.3) is 0 Å². The molecule has 3 nitrogen and oxygen atoms in total. The van der Waals surface area contributed by atoms with Gasteiger partial charge in [0.2, 0.25) is 0 Å². The molecule has 0 aromatic carbocycles. The molecule has 0 bridgehead atoms. The van der Waals surface area contributed by atoms with Crippen molar-refractivity contribution in [2.75, 3.05) is 6.54 Å². The maximum Gasteiger partial charge on any atom is 0.408 e. The lowest BCUT2D eigenvalue weighted by molar-refractivity contribution is 0.0762. The van der Waals surface area contributed by atoms with Crippen molar-refractivity contribution in [1.29, 1.82) is 0 Å². The Morgan fingerprint density at radius 2 is 2.15 bits per heavy atom. The fraction of sp³-hybridized carbons (Fsp3) is 0.700. The highest BCUT2D eigenvalue weighted by Gasteiger charge is 2.16. The van der Waals surface area contributed by atoms with E-state index < -0.39 is 0 Å². The van der Waals surface area contributed by atoms with Crippen LogP contribution in [0.1, 0.15) is 32.1 Å². The molecular weight excluding hydrogens is 166 g/mol. The molecule has 0 unspecified atom stereocenters. The molecule has 1 aliphatic rings. The smallest absolute Gasteiger partial charge is 0.408 e. The van der Waals surface area contributed by atoms with Crippen LogP contribution < -0.4 is 5.32 Å². The van der Waals surface area contributed by atoms with Gasteiger partial charge in [-0.25, -0.2) is 4.79 Å². The van der Waals surface area contributed by atoms with E-state index >= 15 is 0 Å². The summed E-state index contributed by atoms with van der Waals surface area (Å²) in [6, 6.07) is 0. The minimum atomic E-state index is -0.384. The zero-order chi connectivity index (χ0) is 9.52. The van der Waals surface area contributed by atoms with Crippen LogP contribution in [0.3, 0.4) is 0 Å². The van der Waals surface area contributed by atoms with Crippen molar-refractivity contribution in [3.8, 4) is 12.3 Å². The Bertz CT molecular complexity index is 201. The summed E-state index contributed by atoms with van der Waals surface area (Å²) < 4.78 is 5.15. The molecule has 3 heteroatoms. The zero-order valence-corrected chi connectivity index (χ0v) is 7.71. The summed E-state index contributed by atoms with van der Waals surface area (Å²) in [5, 5.41) is 2.48. The molecule has 1 rings (SSSR count). The molecule has 1 N–H and O–H groups in total. The second kappa shape index (κ2) is 5.47. The van der Waals surface area contributed by atoms with Gasteiger partial charge in [0.1, 0.15) is 6.10 Å². The molecule has 0 aromatic heterocycles. The Balaban J connectivity index is 2.15. The molecule has 0 aromatic rings. The van der Waals surface area contributed by atoms with Crippen molar-refractivity contribution in [3.05, 3.63) is 0 Å². The molecule has 1 aliphatic carbocycles. The number of hydrogen-bond donors (Lipinski definition) is 1. The van der Waals surface area contributed by atoms with Crippen LogP contribution in [0.15, 0.2) is 0 Å². The Morgan fingerprint density at radius 3 is 2.77 bits per heavy atom. The number of carbonyl (C=O) groups excluding carboxylic acids is 1. The van der Waals surface area contributed by atoms with Gasteiger partial charge in [0.05, 0.1) is 6.54 Å². The van der Waals surface area contributed by atoms with Crippen molar-refractivity contribution in [1.82, 2.24) is 5.32 Å². The van der Waals surface area contributed by atoms with E-state index in [0.717, 1.165) is 25.7 Å². The summed E-state index contributed by atoms with van der Waals surface area (Å²) in [7, 11) is 0. The van der Waals surface area contributed by atoms with Gasteiger partial charge in [0, 0.05) is 0 Å². The molecule has 1 fully saturated rings. The number of carbonyl (C=O) groups is 1. The normalized spacial score (nSPS) is 17.5. The second-order valence-electron chi connectivity index (χ2n) is 3.22. The van der Waals surface area contributed by atoms with E-state index in [0.29, 0.717) is 0 Å². The molecular formula is C10H15NO2. The quantitative estimate of drug-likeness (QED) is 0.658. The van der Waals surface area contributed by atoms with Crippen molar-refractivity contribution in [2.24, 2.45) is 0 Å². The van der Waals surface area contributed by atoms with E-state index in [1.807, 2.05) is 0 Å². The lowest BCUT2D eigenvalue weighted by atomic mass is 9.98. The van der Waals surface area contributed by atoms with Gasteiger partial charge in [-0.15, -0.1) is 6.42 Å². The van der Waals surface area contributed by atoms with E-state index in [2.05, 4.69) is 11.2 Å². The molecule has 1 saturated carbocycles. The van der Waals surface area contributed by atoms with Crippen molar-refractivity contribution in [2.45, 2.75) is 38.2 Å². The lowest BCUT2D eigenvalue weighted by Crippen LogP contribution is -2.30. The van der Waals surface area contributed by atoms with Gasteiger partial charge in [-0.1, -0.05) is 12.3 Å². The zero-order valence-electron chi connectivity index (χ0n) is 7.71. The first-order valence-corrected chi connectivity index (χ1v) is 4.71. The van der Waals surface area contributed by atoms with Crippen LogP contribution in [-0.2, 0) is 4.74 Å². The molecule has 0 aliphatic heterocycles. The predicted molar refractivity (Wildman–Crippen MR) is 50.2 cm³/mol. The fourth-order valence-corrected chi connectivity index (χ4v) is 1.50. The minimum Gasteiger partial charge on any atom is -0.446 e. The molecule has 1 amide bonds. The molecule has 72 valence electrons. The summed E-state index contributed by atoms with van der Waals surface area (Å²) in [6.45, 7) is 0.242. The third-order valence-electron chi connectivity index (χ3n) is 2.16. The van der Waals surface area contributed by atoms with Gasteiger partial charge in [0.25, 0.3) is 0 Å². The number of rotatable bonds is 2. The van der Waals surface area contributed by atoms with Crippen LogP contribution in [0.5, 0.6) is 0 Å². The van der Waals surface area contributed by atoms with Gasteiger partial charge < -0.3 is 10.1 Å². The number of amides is 1. The number of alkyl carbamates (subject to hydrolysis) is 1. The van der Waals surface area contributed by atoms with Crippen molar-refractivity contribution in [3.63, 3.8) is 0 Å². The summed E-state index contributed by atoms with van der Waals surface area (Å²) in [5.74, 6) is 2.32. The first kappa shape index (κ1) is 9.91. The Kier molecular flexibility index (Phi) is 4.17. The highest BCUT2D eigenvalue weighted by molar-refractivity contribution is 5.67. The average Bonchev–Trinajstić information content (AvgIpc) is 2.16. The van der Waals surface area contributed by atoms with Gasteiger partial charge in [-0.2, -0.15) is 0 Å². The predicted octanol–water partition coefficient (Wildman–Crippen LogP) is 1.68. The highest BCUT2D eigenvalue weighted by Crippen LogP contribution is 2.20. The fourth-order valence-electron chi connectivity index (χ4n) is 1.50. The van der Waals surface area contributed by atoms with E-state index in [4.69, 9.17) is 11.2 Å². The maximum atomic E-state index is 11.0. The standard InChI is InChI=1S/C10H15NO2/c1-2-8-11-10(12)13-9-6-4-3-5-7-9/h1,9H,3-8H2,(H,11,12). The molecule has 0 saturated heterocycles. The topological polar surface area (TPSA) is 38.3 Å². The monoisotopic (exact) mass is 181 g/mol. The molecule has 0 heterocycles. The summed E-state index contributed by atoms with van der Waals surface area (Å²) in [6.07, 6.45) is 10.3. The van der Waals surface area contributed by atoms with Crippen LogP contribution in [-0.4, -0.2) is 18.7 Å². The van der Waals surface area contributed by atoms with E-state index in [9.17, 15) is 4.79 Å². The Morgan fingerprint density at radius 1 is 1.46 bits per heavy atom. The Labute approximate surface area is 78.8 Å². The Hall–Kier alpha value is -1.17. The molecule has 13 heavy (non-hydrogen) atoms. The van der Waals surface area contributed by atoms with E-state index in [-0.39, 0.29) is 18.7 Å². The summed E-state index contributed by atoms with van der Waals surface area (Å²) in [5.41, 5.74) is 0. The average molecular weight is 181 g/mol. The van der Waals surface area contributed by atoms with Crippen LogP contribution >= 0.6 is 0 Å². The van der Waals surface area contributed by atoms with Crippen molar-refractivity contribution >= 4 is 6.09 Å². The van der Waals surface area contributed by atoms with Crippen LogP contribution in [0.2, 0.25) is 0 Å². The molecule has 0 atom stereocenters. The summed E-state index contributed by atoms with van der Waals surface area (Å²) >= 11 is 0. The first-order chi connectivity index (χ1) is 6.33. The van der Waals surface area contributed by atoms with Gasteiger partial charge in [0.15, 0.2) is 0 Å². The minimum absolute atomic E-state index is 0.103. The van der Waals surface area contributed by atoms with Gasteiger partial charge in [-0.3, -0.25) is 0 Å². The van der Waals surface area contributed by atoms with E-state index in [1.165, 1.54) is 6.42 Å². The SMILES string of the molecule is C#CCNC(=O)OC1CCCCC1. The van der Waals surface area contributed by atoms with Gasteiger partial charge in [-0.05, 0) is 25.7 Å². The third kappa shape index (κ3) is 3.84. The largest absolute Gasteiger partial charge is 0.446 e. The second-order valence-corrected chi connectivity index (χ2v) is 3.22. The van der Waals surface area contributed by atoms with Crippen LogP contribution in [0.4, 0.5) is 4.79 Å². The number of nitrogens with one attached hydrogen (secondary N) is 1. The van der Waals surface area contributed by atoms with Crippen molar-refractivity contribution < 1.29 is 9.53 Å². The maximum absolute atomic E-state index is 11.0. The molecule has 0 radical (unpaired) electrons. The van der Waals surface area contributed by atoms with E-state index in [1.54, 1.807) is 0 Å². The molecule has 0 spiro atoms. The van der Waals surface area contributed by atoms with Gasteiger partial charge >= 0.3 is 6.09 Å².